The molecule has 0 unspecified atom stereocenters. The van der Waals surface area contributed by atoms with Crippen LogP contribution in [0.25, 0.3) is 5.69 Å². The van der Waals surface area contributed by atoms with Gasteiger partial charge < -0.3 is 10.1 Å². The van der Waals surface area contributed by atoms with Gasteiger partial charge in [0.05, 0.1) is 16.0 Å². The van der Waals surface area contributed by atoms with Gasteiger partial charge in [-0.05, 0) is 49.7 Å². The van der Waals surface area contributed by atoms with E-state index in [1.807, 2.05) is 37.3 Å². The van der Waals surface area contributed by atoms with Crippen LogP contribution in [0.15, 0.2) is 59.5 Å². The Hall–Kier alpha value is -3.90. The molecule has 0 saturated heterocycles. The quantitative estimate of drug-likeness (QED) is 0.575. The van der Waals surface area contributed by atoms with Crippen LogP contribution >= 0.6 is 0 Å². The van der Waals surface area contributed by atoms with Crippen molar-refractivity contribution < 1.29 is 22.7 Å². The molecule has 9 heteroatoms. The fraction of sp³-hybridized carbons (Fsp3) is 0.174. The molecule has 0 atom stereocenters. The highest BCUT2D eigenvalue weighted by Gasteiger charge is 2.21. The van der Waals surface area contributed by atoms with Crippen molar-refractivity contribution in [3.8, 4) is 11.8 Å². The average Bonchev–Trinajstić information content (AvgIpc) is 3.01. The zero-order chi connectivity index (χ0) is 23.5. The minimum absolute atomic E-state index is 0.0118. The van der Waals surface area contributed by atoms with Crippen LogP contribution < -0.4 is 5.32 Å². The zero-order valence-corrected chi connectivity index (χ0v) is 18.6. The van der Waals surface area contributed by atoms with Gasteiger partial charge in [-0.2, -0.15) is 5.26 Å². The van der Waals surface area contributed by atoms with E-state index >= 15 is 0 Å². The maximum Gasteiger partial charge on any atom is 0.338 e. The number of nitrogens with zero attached hydrogens (tertiary/aromatic N) is 2. The average molecular weight is 452 g/mol. The Labute approximate surface area is 186 Å². The number of rotatable bonds is 6. The second-order valence-electron chi connectivity index (χ2n) is 7.14. The Morgan fingerprint density at radius 3 is 2.41 bits per heavy atom. The first kappa shape index (κ1) is 22.8. The summed E-state index contributed by atoms with van der Waals surface area (Å²) in [6.45, 7) is 3.02. The number of amides is 1. The Balaban J connectivity index is 1.80. The second kappa shape index (κ2) is 9.08. The maximum absolute atomic E-state index is 12.5. The van der Waals surface area contributed by atoms with Gasteiger partial charge >= 0.3 is 5.97 Å². The summed E-state index contributed by atoms with van der Waals surface area (Å²) in [5.41, 5.74) is 2.60. The summed E-state index contributed by atoms with van der Waals surface area (Å²) in [6.07, 6.45) is 1.03. The highest BCUT2D eigenvalue weighted by molar-refractivity contribution is 7.90. The van der Waals surface area contributed by atoms with Gasteiger partial charge in [0.25, 0.3) is 5.91 Å². The normalized spacial score (nSPS) is 10.9. The first-order valence-corrected chi connectivity index (χ1v) is 11.5. The monoisotopic (exact) mass is 451 g/mol. The molecular formula is C23H21N3O5S. The van der Waals surface area contributed by atoms with E-state index in [1.54, 1.807) is 11.5 Å². The van der Waals surface area contributed by atoms with Crippen LogP contribution in [0.1, 0.15) is 27.2 Å². The van der Waals surface area contributed by atoms with Crippen molar-refractivity contribution in [3.05, 3.63) is 77.0 Å². The van der Waals surface area contributed by atoms with Crippen molar-refractivity contribution in [2.24, 2.45) is 0 Å². The van der Waals surface area contributed by atoms with E-state index in [9.17, 15) is 23.3 Å². The van der Waals surface area contributed by atoms with Crippen LogP contribution in [0.2, 0.25) is 0 Å². The lowest BCUT2D eigenvalue weighted by Gasteiger charge is -2.13. The molecule has 164 valence electrons. The molecule has 8 nitrogen and oxygen atoms in total. The summed E-state index contributed by atoms with van der Waals surface area (Å²) in [4.78, 5) is 24.8. The molecule has 0 aliphatic rings. The van der Waals surface area contributed by atoms with Gasteiger partial charge in [-0.3, -0.25) is 9.36 Å². The third-order valence-corrected chi connectivity index (χ3v) is 6.04. The van der Waals surface area contributed by atoms with Gasteiger partial charge in [-0.1, -0.05) is 24.3 Å². The van der Waals surface area contributed by atoms with Crippen LogP contribution in [0, 0.1) is 25.2 Å². The standard InChI is InChI=1S/C23H21N3O5S/c1-15-16(2)26(18-9-5-4-6-10-18)22(20(15)13-24)25-21(27)14-31-23(28)17-8-7-11-19(12-17)32(3,29)30/h4-12H,14H2,1-3H3,(H,25,27). The lowest BCUT2D eigenvalue weighted by molar-refractivity contribution is -0.119. The van der Waals surface area contributed by atoms with Crippen molar-refractivity contribution in [2.75, 3.05) is 18.2 Å². The summed E-state index contributed by atoms with van der Waals surface area (Å²) in [7, 11) is -3.49. The van der Waals surface area contributed by atoms with E-state index in [0.29, 0.717) is 5.56 Å². The summed E-state index contributed by atoms with van der Waals surface area (Å²) >= 11 is 0. The van der Waals surface area contributed by atoms with Gasteiger partial charge in [-0.25, -0.2) is 13.2 Å². The molecular weight excluding hydrogens is 430 g/mol. The van der Waals surface area contributed by atoms with Gasteiger partial charge in [-0.15, -0.1) is 0 Å². The summed E-state index contributed by atoms with van der Waals surface area (Å²) in [5, 5.41) is 12.3. The highest BCUT2D eigenvalue weighted by atomic mass is 32.2. The topological polar surface area (TPSA) is 118 Å². The van der Waals surface area contributed by atoms with Gasteiger partial charge in [0.2, 0.25) is 0 Å². The number of para-hydroxylation sites is 1. The summed E-state index contributed by atoms with van der Waals surface area (Å²) < 4.78 is 30.1. The fourth-order valence-electron chi connectivity index (χ4n) is 3.20. The maximum atomic E-state index is 12.5. The molecule has 3 rings (SSSR count). The number of nitrogens with one attached hydrogen (secondary N) is 1. The lowest BCUT2D eigenvalue weighted by atomic mass is 10.2. The molecule has 0 saturated carbocycles. The number of carbonyl (C=O) groups excluding carboxylic acids is 2. The number of sulfone groups is 1. The van der Waals surface area contributed by atoms with Crippen molar-refractivity contribution in [1.29, 1.82) is 5.26 Å². The molecule has 2 aromatic carbocycles. The number of carbonyl (C=O) groups is 2. The third kappa shape index (κ3) is 4.71. The second-order valence-corrected chi connectivity index (χ2v) is 9.16. The summed E-state index contributed by atoms with van der Waals surface area (Å²) in [5.74, 6) is -1.19. The predicted molar refractivity (Wildman–Crippen MR) is 118 cm³/mol. The van der Waals surface area contributed by atoms with Crippen molar-refractivity contribution in [1.82, 2.24) is 4.57 Å². The van der Waals surface area contributed by atoms with Crippen LogP contribution in [-0.2, 0) is 19.4 Å². The number of nitriles is 1. The Morgan fingerprint density at radius 2 is 1.78 bits per heavy atom. The first-order chi connectivity index (χ1) is 15.1. The molecule has 1 aromatic heterocycles. The molecule has 0 fully saturated rings. The number of benzene rings is 2. The van der Waals surface area contributed by atoms with Gasteiger partial charge in [0.1, 0.15) is 11.9 Å². The minimum Gasteiger partial charge on any atom is -0.452 e. The van der Waals surface area contributed by atoms with Gasteiger partial charge in [0.15, 0.2) is 16.4 Å². The molecule has 0 spiro atoms. The van der Waals surface area contributed by atoms with E-state index in [0.717, 1.165) is 23.2 Å². The largest absolute Gasteiger partial charge is 0.452 e. The number of hydrogen-bond donors (Lipinski definition) is 1. The van der Waals surface area contributed by atoms with Crippen molar-refractivity contribution in [3.63, 3.8) is 0 Å². The lowest BCUT2D eigenvalue weighted by Crippen LogP contribution is -2.23. The highest BCUT2D eigenvalue weighted by Crippen LogP contribution is 2.29. The van der Waals surface area contributed by atoms with E-state index in [1.165, 1.54) is 24.3 Å². The molecule has 1 N–H and O–H groups in total. The third-order valence-electron chi connectivity index (χ3n) is 4.93. The molecule has 0 aliphatic heterocycles. The van der Waals surface area contributed by atoms with Gasteiger partial charge in [0, 0.05) is 17.6 Å². The van der Waals surface area contributed by atoms with Crippen LogP contribution in [0.3, 0.4) is 0 Å². The Kier molecular flexibility index (Phi) is 6.46. The van der Waals surface area contributed by atoms with Crippen LogP contribution in [-0.4, -0.2) is 37.7 Å². The first-order valence-electron chi connectivity index (χ1n) is 9.58. The molecule has 3 aromatic rings. The van der Waals surface area contributed by atoms with E-state index < -0.39 is 28.3 Å². The number of hydrogen-bond acceptors (Lipinski definition) is 6. The number of ether oxygens (including phenoxy) is 1. The predicted octanol–water partition coefficient (Wildman–Crippen LogP) is 3.16. The zero-order valence-electron chi connectivity index (χ0n) is 17.7. The van der Waals surface area contributed by atoms with Crippen LogP contribution in [0.4, 0.5) is 5.82 Å². The van der Waals surface area contributed by atoms with E-state index in [4.69, 9.17) is 4.74 Å². The fourth-order valence-corrected chi connectivity index (χ4v) is 3.86. The Bertz CT molecular complexity index is 1340. The summed E-state index contributed by atoms with van der Waals surface area (Å²) in [6, 6.07) is 16.7. The smallest absolute Gasteiger partial charge is 0.338 e. The minimum atomic E-state index is -3.49. The van der Waals surface area contributed by atoms with Crippen LogP contribution in [0.5, 0.6) is 0 Å². The van der Waals surface area contributed by atoms with E-state index in [2.05, 4.69) is 11.4 Å². The molecule has 0 radical (unpaired) electrons. The SMILES string of the molecule is Cc1c(C#N)c(NC(=O)COC(=O)c2cccc(S(C)(=O)=O)c2)n(-c2ccccc2)c1C. The van der Waals surface area contributed by atoms with Crippen molar-refractivity contribution in [2.45, 2.75) is 18.7 Å². The Morgan fingerprint density at radius 1 is 1.09 bits per heavy atom. The molecule has 0 aliphatic carbocycles. The molecule has 0 bridgehead atoms. The molecule has 32 heavy (non-hydrogen) atoms. The van der Waals surface area contributed by atoms with Crippen molar-refractivity contribution >= 4 is 27.5 Å². The molecule has 1 amide bonds. The number of esters is 1. The molecule has 1 heterocycles. The number of anilines is 1. The van der Waals surface area contributed by atoms with E-state index in [-0.39, 0.29) is 16.3 Å². The number of aromatic nitrogens is 1.